The minimum Gasteiger partial charge on any atom is -0.480 e. The highest BCUT2D eigenvalue weighted by molar-refractivity contribution is 6.34. The molecular weight excluding hydrogens is 335 g/mol. The molecule has 24 heavy (non-hydrogen) atoms. The summed E-state index contributed by atoms with van der Waals surface area (Å²) in [4.78, 5) is 22.0. The molecule has 0 saturated heterocycles. The maximum absolute atomic E-state index is 14.9. The average molecular weight is 349 g/mol. The summed E-state index contributed by atoms with van der Waals surface area (Å²) in [5.41, 5.74) is 6.60. The Kier molecular flexibility index (Phi) is 4.35. The quantitative estimate of drug-likeness (QED) is 0.741. The van der Waals surface area contributed by atoms with E-state index in [1.165, 1.54) is 19.5 Å². The summed E-state index contributed by atoms with van der Waals surface area (Å²) in [6, 6.07) is 3.39. The van der Waals surface area contributed by atoms with Crippen molar-refractivity contribution >= 4 is 28.4 Å². The number of aromatic amines is 1. The second kappa shape index (κ2) is 6.45. The van der Waals surface area contributed by atoms with Crippen LogP contribution in [0.1, 0.15) is 12.1 Å². The number of primary amides is 1. The fraction of sp³-hybridized carbons (Fsp3) is 0.188. The molecule has 0 radical (unpaired) electrons. The van der Waals surface area contributed by atoms with Crippen LogP contribution in [0.5, 0.6) is 5.88 Å². The highest BCUT2D eigenvalue weighted by Gasteiger charge is 2.18. The molecule has 1 aromatic carbocycles. The lowest BCUT2D eigenvalue weighted by Crippen LogP contribution is -2.11. The number of methoxy groups -OCH3 is 1. The van der Waals surface area contributed by atoms with Gasteiger partial charge in [-0.1, -0.05) is 11.6 Å². The number of nitrogens with one attached hydrogen (secondary N) is 1. The zero-order valence-corrected chi connectivity index (χ0v) is 13.5. The molecule has 0 atom stereocenters. The normalized spacial score (nSPS) is 11.0. The van der Waals surface area contributed by atoms with Gasteiger partial charge in [0, 0.05) is 17.5 Å². The van der Waals surface area contributed by atoms with Crippen molar-refractivity contribution in [1.82, 2.24) is 15.0 Å². The van der Waals surface area contributed by atoms with Gasteiger partial charge in [-0.05, 0) is 18.6 Å². The Morgan fingerprint density at radius 1 is 1.38 bits per heavy atom. The van der Waals surface area contributed by atoms with Crippen molar-refractivity contribution < 1.29 is 13.9 Å². The average Bonchev–Trinajstić information content (AvgIpc) is 2.97. The predicted molar refractivity (Wildman–Crippen MR) is 88.4 cm³/mol. The molecule has 3 rings (SSSR count). The lowest BCUT2D eigenvalue weighted by molar-refractivity contribution is -0.118. The number of nitrogens with zero attached hydrogens (tertiary/aromatic N) is 2. The van der Waals surface area contributed by atoms with Gasteiger partial charge in [0.2, 0.25) is 11.8 Å². The molecule has 0 bridgehead atoms. The molecule has 0 aliphatic heterocycles. The maximum Gasteiger partial charge on any atom is 0.232 e. The number of carbonyl (C=O) groups is 1. The summed E-state index contributed by atoms with van der Waals surface area (Å²) < 4.78 is 19.8. The Bertz CT molecular complexity index is 909. The molecule has 6 nitrogen and oxygen atoms in total. The van der Waals surface area contributed by atoms with Crippen LogP contribution in [0.3, 0.4) is 0 Å². The number of ether oxygens (including phenoxy) is 1. The first-order valence-corrected chi connectivity index (χ1v) is 7.51. The van der Waals surface area contributed by atoms with Crippen LogP contribution in [0.2, 0.25) is 5.02 Å². The van der Waals surface area contributed by atoms with Crippen LogP contribution in [0, 0.1) is 5.82 Å². The summed E-state index contributed by atoms with van der Waals surface area (Å²) in [7, 11) is 1.47. The third-order valence-electron chi connectivity index (χ3n) is 3.60. The number of aryl methyl sites for hydroxylation is 1. The van der Waals surface area contributed by atoms with E-state index in [-0.39, 0.29) is 17.0 Å². The highest BCUT2D eigenvalue weighted by atomic mass is 35.5. The van der Waals surface area contributed by atoms with Gasteiger partial charge in [0.1, 0.15) is 0 Å². The summed E-state index contributed by atoms with van der Waals surface area (Å²) in [6.07, 6.45) is 3.37. The van der Waals surface area contributed by atoms with Gasteiger partial charge < -0.3 is 15.5 Å². The number of amides is 1. The van der Waals surface area contributed by atoms with Crippen LogP contribution in [0.4, 0.5) is 4.39 Å². The van der Waals surface area contributed by atoms with Gasteiger partial charge in [-0.15, -0.1) is 0 Å². The lowest BCUT2D eigenvalue weighted by atomic mass is 10.1. The number of aromatic nitrogens is 3. The highest BCUT2D eigenvalue weighted by Crippen LogP contribution is 2.35. The van der Waals surface area contributed by atoms with Gasteiger partial charge in [-0.3, -0.25) is 4.79 Å². The van der Waals surface area contributed by atoms with E-state index in [1.807, 2.05) is 0 Å². The molecule has 0 unspecified atom stereocenters. The third-order valence-corrected chi connectivity index (χ3v) is 3.90. The maximum atomic E-state index is 14.9. The van der Waals surface area contributed by atoms with Crippen LogP contribution in [-0.2, 0) is 11.2 Å². The predicted octanol–water partition coefficient (Wildman–Crippen LogP) is 2.84. The first-order valence-electron chi connectivity index (χ1n) is 7.14. The Morgan fingerprint density at radius 2 is 2.17 bits per heavy atom. The SMILES string of the molecule is COc1cnc(-c2c(Cl)cc3cc(CCC(N)=O)[nH]c3c2F)cn1. The molecule has 124 valence electrons. The lowest BCUT2D eigenvalue weighted by Gasteiger charge is -2.07. The van der Waals surface area contributed by atoms with Gasteiger partial charge >= 0.3 is 0 Å². The first-order chi connectivity index (χ1) is 11.5. The summed E-state index contributed by atoms with van der Waals surface area (Å²) in [5.74, 6) is -0.617. The zero-order valence-electron chi connectivity index (χ0n) is 12.8. The molecule has 3 aromatic rings. The van der Waals surface area contributed by atoms with Crippen LogP contribution in [-0.4, -0.2) is 28.0 Å². The van der Waals surface area contributed by atoms with Crippen molar-refractivity contribution in [1.29, 1.82) is 0 Å². The smallest absolute Gasteiger partial charge is 0.232 e. The van der Waals surface area contributed by atoms with Crippen molar-refractivity contribution in [3.8, 4) is 17.1 Å². The summed E-state index contributed by atoms with van der Waals surface area (Å²) >= 11 is 6.23. The number of fused-ring (bicyclic) bond motifs is 1. The zero-order chi connectivity index (χ0) is 17.3. The van der Waals surface area contributed by atoms with Crippen LogP contribution in [0.15, 0.2) is 24.5 Å². The Hall–Kier alpha value is -2.67. The molecule has 8 heteroatoms. The molecule has 2 heterocycles. The third kappa shape index (κ3) is 3.03. The number of hydrogen-bond donors (Lipinski definition) is 2. The summed E-state index contributed by atoms with van der Waals surface area (Å²) in [5, 5.41) is 0.835. The second-order valence-corrected chi connectivity index (χ2v) is 5.62. The van der Waals surface area contributed by atoms with Crippen LogP contribution >= 0.6 is 11.6 Å². The molecule has 2 aromatic heterocycles. The molecule has 0 aliphatic carbocycles. The van der Waals surface area contributed by atoms with Gasteiger partial charge in [0.15, 0.2) is 5.82 Å². The minimum absolute atomic E-state index is 0.155. The fourth-order valence-electron chi connectivity index (χ4n) is 2.44. The minimum atomic E-state index is -0.526. The van der Waals surface area contributed by atoms with Gasteiger partial charge in [-0.2, -0.15) is 0 Å². The molecule has 0 aliphatic rings. The standard InChI is InChI=1S/C16H14ClFN4O2/c1-24-13-7-20-11(6-21-13)14-10(17)5-8-4-9(2-3-12(19)23)22-16(8)15(14)18/h4-7,22H,2-3H2,1H3,(H2,19,23). The fourth-order valence-corrected chi connectivity index (χ4v) is 2.74. The van der Waals surface area contributed by atoms with Crippen molar-refractivity contribution in [2.75, 3.05) is 7.11 Å². The Balaban J connectivity index is 2.06. The molecule has 3 N–H and O–H groups in total. The van der Waals surface area contributed by atoms with Crippen molar-refractivity contribution in [3.63, 3.8) is 0 Å². The van der Waals surface area contributed by atoms with Crippen LogP contribution < -0.4 is 10.5 Å². The number of H-pyrrole nitrogens is 1. The Morgan fingerprint density at radius 3 is 2.79 bits per heavy atom. The Labute approximate surface area is 141 Å². The van der Waals surface area contributed by atoms with Gasteiger partial charge in [0.05, 0.1) is 41.3 Å². The second-order valence-electron chi connectivity index (χ2n) is 5.22. The number of nitrogens with two attached hydrogens (primary N) is 1. The van der Waals surface area contributed by atoms with E-state index in [2.05, 4.69) is 15.0 Å². The molecule has 0 fully saturated rings. The van der Waals surface area contributed by atoms with Crippen molar-refractivity contribution in [3.05, 3.63) is 41.1 Å². The molecular formula is C16H14ClFN4O2. The number of carbonyl (C=O) groups excluding carboxylic acids is 1. The molecule has 1 amide bonds. The number of benzene rings is 1. The topological polar surface area (TPSA) is 93.9 Å². The van der Waals surface area contributed by atoms with E-state index >= 15 is 0 Å². The van der Waals surface area contributed by atoms with E-state index < -0.39 is 11.7 Å². The molecule has 0 saturated carbocycles. The first kappa shape index (κ1) is 16.2. The molecule has 0 spiro atoms. The van der Waals surface area contributed by atoms with E-state index in [1.54, 1.807) is 12.1 Å². The van der Waals surface area contributed by atoms with E-state index in [4.69, 9.17) is 22.1 Å². The van der Waals surface area contributed by atoms with Crippen molar-refractivity contribution in [2.24, 2.45) is 5.73 Å². The van der Waals surface area contributed by atoms with E-state index in [0.717, 1.165) is 0 Å². The van der Waals surface area contributed by atoms with Gasteiger partial charge in [-0.25, -0.2) is 14.4 Å². The number of rotatable bonds is 5. The van der Waals surface area contributed by atoms with E-state index in [9.17, 15) is 9.18 Å². The summed E-state index contributed by atoms with van der Waals surface area (Å²) in [6.45, 7) is 0. The van der Waals surface area contributed by atoms with Crippen molar-refractivity contribution in [2.45, 2.75) is 12.8 Å². The number of hydrogen-bond acceptors (Lipinski definition) is 4. The van der Waals surface area contributed by atoms with Gasteiger partial charge in [0.25, 0.3) is 0 Å². The largest absolute Gasteiger partial charge is 0.480 e. The monoisotopic (exact) mass is 348 g/mol. The number of halogens is 2. The van der Waals surface area contributed by atoms with E-state index in [0.29, 0.717) is 34.6 Å². The van der Waals surface area contributed by atoms with Crippen LogP contribution in [0.25, 0.3) is 22.2 Å².